The van der Waals surface area contributed by atoms with Crippen LogP contribution in [0.3, 0.4) is 0 Å². The Hall–Kier alpha value is -4.97. The van der Waals surface area contributed by atoms with E-state index in [-0.39, 0.29) is 37.5 Å². The Morgan fingerprint density at radius 2 is 1.51 bits per heavy atom. The van der Waals surface area contributed by atoms with Crippen molar-refractivity contribution in [3.63, 3.8) is 0 Å². The first-order valence-electron chi connectivity index (χ1n) is 21.2. The molecule has 0 bridgehead atoms. The molecule has 6 atom stereocenters. The fourth-order valence-electron chi connectivity index (χ4n) is 7.54. The van der Waals surface area contributed by atoms with Crippen molar-refractivity contribution in [2.45, 2.75) is 103 Å². The maximum absolute atomic E-state index is 13.8. The lowest BCUT2D eigenvalue weighted by Gasteiger charge is -2.39. The zero-order valence-corrected chi connectivity index (χ0v) is 38.8. The Morgan fingerprint density at radius 1 is 0.910 bits per heavy atom. The number of nitrogens with one attached hydrogen (secondary N) is 1. The summed E-state index contributed by atoms with van der Waals surface area (Å²) in [6.45, 7) is 7.22. The highest BCUT2D eigenvalue weighted by Crippen LogP contribution is 2.51. The lowest BCUT2D eigenvalue weighted by molar-refractivity contribution is -0.299. The van der Waals surface area contributed by atoms with Crippen LogP contribution in [0.1, 0.15) is 69.5 Å². The van der Waals surface area contributed by atoms with E-state index in [0.29, 0.717) is 22.4 Å². The van der Waals surface area contributed by atoms with Gasteiger partial charge in [-0.15, -0.1) is 0 Å². The van der Waals surface area contributed by atoms with Crippen LogP contribution in [-0.4, -0.2) is 96.6 Å². The molecule has 4 aromatic rings. The van der Waals surface area contributed by atoms with Gasteiger partial charge in [-0.3, -0.25) is 9.36 Å². The maximum Gasteiger partial charge on any atom is 0.402 e. The second-order valence-electron chi connectivity index (χ2n) is 16.1. The molecule has 0 saturated carbocycles. The third-order valence-electron chi connectivity index (χ3n) is 10.6. The van der Waals surface area contributed by atoms with Crippen LogP contribution < -0.4 is 15.7 Å². The van der Waals surface area contributed by atoms with Crippen LogP contribution in [0.2, 0.25) is 0 Å². The molecule has 3 aromatic carbocycles. The van der Waals surface area contributed by atoms with Gasteiger partial charge in [-0.25, -0.2) is 9.46 Å². The minimum atomic E-state index is -5.69. The van der Waals surface area contributed by atoms with Gasteiger partial charge in [-0.2, -0.15) is 36.6 Å². The molecule has 21 heteroatoms. The molecular formula is C46H54F6N5O9P. The highest BCUT2D eigenvalue weighted by Gasteiger charge is 2.57. The quantitative estimate of drug-likeness (QED) is 0.0263. The number of rotatable bonds is 22. The van der Waals surface area contributed by atoms with Crippen molar-refractivity contribution in [1.82, 2.24) is 14.2 Å². The number of benzene rings is 3. The first-order chi connectivity index (χ1) is 31.7. The van der Waals surface area contributed by atoms with Gasteiger partial charge in [0.15, 0.2) is 12.1 Å². The average Bonchev–Trinajstić information content (AvgIpc) is 3.59. The fraction of sp³-hybridized carbons (Fsp3) is 0.478. The van der Waals surface area contributed by atoms with Crippen molar-refractivity contribution in [2.75, 3.05) is 39.0 Å². The molecule has 1 aliphatic rings. The van der Waals surface area contributed by atoms with Crippen molar-refractivity contribution >= 4 is 20.3 Å². The topological polar surface area (TPSA) is 156 Å². The largest absolute Gasteiger partial charge is 0.497 e. The van der Waals surface area contributed by atoms with Crippen LogP contribution >= 0.6 is 8.53 Å². The Morgan fingerprint density at radius 3 is 2.04 bits per heavy atom. The molecule has 3 unspecified atom stereocenters. The van der Waals surface area contributed by atoms with E-state index in [2.05, 4.69) is 10.3 Å². The van der Waals surface area contributed by atoms with Crippen molar-refractivity contribution in [1.29, 1.82) is 5.26 Å². The molecule has 1 fully saturated rings. The lowest BCUT2D eigenvalue weighted by atomic mass is 9.79. The Labute approximate surface area is 386 Å². The average molecular weight is 966 g/mol. The molecule has 1 saturated heterocycles. The van der Waals surface area contributed by atoms with Crippen LogP contribution in [0.5, 0.6) is 5.75 Å². The molecule has 14 nitrogen and oxygen atoms in total. The molecular weight excluding hydrogens is 911 g/mol. The maximum atomic E-state index is 13.8. The van der Waals surface area contributed by atoms with Crippen LogP contribution in [0.4, 0.5) is 32.2 Å². The molecule has 0 radical (unpaired) electrons. The van der Waals surface area contributed by atoms with Gasteiger partial charge in [0.2, 0.25) is 5.91 Å². The van der Waals surface area contributed by atoms with Crippen LogP contribution in [-0.2, 0) is 38.4 Å². The summed E-state index contributed by atoms with van der Waals surface area (Å²) < 4.78 is 128. The molecule has 1 amide bonds. The summed E-state index contributed by atoms with van der Waals surface area (Å²) in [7, 11) is -0.632. The molecule has 5 rings (SSSR count). The van der Waals surface area contributed by atoms with Gasteiger partial charge in [0.25, 0.3) is 8.53 Å². The molecule has 1 aliphatic heterocycles. The number of nitrogens with zero attached hydrogens (tertiary/aromatic N) is 4. The van der Waals surface area contributed by atoms with E-state index >= 15 is 0 Å². The number of methoxy groups -OCH3 is 1. The highest BCUT2D eigenvalue weighted by atomic mass is 31.2. The number of hydrogen-bond acceptors (Lipinski definition) is 12. The summed E-state index contributed by atoms with van der Waals surface area (Å²) in [5, 5.41) is 11.8. The summed E-state index contributed by atoms with van der Waals surface area (Å²) in [4.78, 5) is 29.6. The number of aromatic nitrogens is 2. The minimum absolute atomic E-state index is 0.0321. The highest BCUT2D eigenvalue weighted by molar-refractivity contribution is 7.44. The molecule has 0 aliphatic carbocycles. The van der Waals surface area contributed by atoms with Gasteiger partial charge in [0.05, 0.1) is 39.4 Å². The van der Waals surface area contributed by atoms with Gasteiger partial charge in [0.1, 0.15) is 42.3 Å². The number of halogens is 6. The van der Waals surface area contributed by atoms with Gasteiger partial charge < -0.3 is 38.0 Å². The van der Waals surface area contributed by atoms with E-state index in [4.69, 9.17) is 32.7 Å². The number of carbonyl (C=O) groups excluding carboxylic acids is 1. The molecule has 2 heterocycles. The monoisotopic (exact) mass is 965 g/mol. The molecule has 1 aromatic heterocycles. The Kier molecular flexibility index (Phi) is 18.5. The van der Waals surface area contributed by atoms with Gasteiger partial charge in [-0.05, 0) is 69.5 Å². The molecule has 364 valence electrons. The number of alkyl halides is 6. The zero-order valence-electron chi connectivity index (χ0n) is 37.9. The number of ether oxygens (including phenoxy) is 5. The summed E-state index contributed by atoms with van der Waals surface area (Å²) in [5.74, 6) is -3.91. The van der Waals surface area contributed by atoms with Crippen LogP contribution in [0, 0.1) is 24.2 Å². The second kappa shape index (κ2) is 23.4. The second-order valence-corrected chi connectivity index (χ2v) is 17.5. The smallest absolute Gasteiger partial charge is 0.402 e. The van der Waals surface area contributed by atoms with Crippen molar-refractivity contribution < 1.29 is 63.9 Å². The van der Waals surface area contributed by atoms with E-state index in [1.54, 1.807) is 12.1 Å². The number of hydrogen-bond donors (Lipinski definition) is 1. The van der Waals surface area contributed by atoms with E-state index in [1.165, 1.54) is 26.3 Å². The predicted octanol–water partition coefficient (Wildman–Crippen LogP) is 9.19. The van der Waals surface area contributed by atoms with Crippen molar-refractivity contribution in [3.05, 3.63) is 124 Å². The number of anilines is 1. The summed E-state index contributed by atoms with van der Waals surface area (Å²) in [6, 6.07) is 27.0. The number of amides is 1. The summed E-state index contributed by atoms with van der Waals surface area (Å²) in [6.07, 6.45) is -15.9. The normalized spacial score (nSPS) is 19.2. The van der Waals surface area contributed by atoms with Gasteiger partial charge >= 0.3 is 18.0 Å². The first kappa shape index (κ1) is 53.0. The fourth-order valence-corrected chi connectivity index (χ4v) is 9.31. The SMILES string of the molecule is COc1ccc(C(OC[C@H]2O[C@@H](n3ccc(NC(C)=O)nc3=O)[C@@H](OCOCC(C(F)(F)F)C(F)(F)F)C2OP(OCCC#N)N(C(C)C)C(C)C)(c2ccccc2)c2ccc(C)cc2)cc1. The lowest BCUT2D eigenvalue weighted by Crippen LogP contribution is -2.44. The number of carbonyl (C=O) groups is 1. The minimum Gasteiger partial charge on any atom is -0.497 e. The summed E-state index contributed by atoms with van der Waals surface area (Å²) >= 11 is 0. The Balaban J connectivity index is 1.68. The first-order valence-corrected chi connectivity index (χ1v) is 22.3. The third kappa shape index (κ3) is 13.4. The number of nitriles is 1. The third-order valence-corrected chi connectivity index (χ3v) is 12.7. The van der Waals surface area contributed by atoms with E-state index in [9.17, 15) is 41.2 Å². The summed E-state index contributed by atoms with van der Waals surface area (Å²) in [5.41, 5.74) is 0.614. The van der Waals surface area contributed by atoms with E-state index in [0.717, 1.165) is 10.1 Å². The van der Waals surface area contributed by atoms with Gasteiger partial charge in [-0.1, -0.05) is 72.3 Å². The van der Waals surface area contributed by atoms with Crippen LogP contribution in [0.15, 0.2) is 95.9 Å². The van der Waals surface area contributed by atoms with Crippen molar-refractivity contribution in [2.24, 2.45) is 5.92 Å². The number of aryl methyl sites for hydroxylation is 1. The van der Waals surface area contributed by atoms with Crippen molar-refractivity contribution in [3.8, 4) is 11.8 Å². The van der Waals surface area contributed by atoms with Crippen LogP contribution in [0.25, 0.3) is 0 Å². The standard InChI is InChI=1S/C46H54F6N5O9P/c1-29(2)57(30(3)4)67(64-25-11-23-53)66-40-37(26-63-44(33-12-9-8-10-13-33,34-16-14-31(5)15-17-34)35-18-20-36(60-7)21-19-35)65-42(56-24-22-39(54-32(6)58)55-43(56)59)41(40)62-28-61-27-38(45(47,48)49)46(50,51)52/h8-10,12-22,24,29-30,37-38,40-42H,11,25-28H2,1-7H3,(H,54,55,58,59)/t37-,40?,41+,42-,44?,67?/m1/s1. The molecule has 1 N–H and O–H groups in total. The van der Waals surface area contributed by atoms with E-state index in [1.807, 2.05) is 112 Å². The zero-order chi connectivity index (χ0) is 49.1. The molecule has 0 spiro atoms. The predicted molar refractivity (Wildman–Crippen MR) is 235 cm³/mol. The van der Waals surface area contributed by atoms with E-state index < -0.39 is 81.9 Å². The molecule has 67 heavy (non-hydrogen) atoms. The Bertz CT molecular complexity index is 2280. The van der Waals surface area contributed by atoms with Gasteiger partial charge in [0, 0.05) is 25.2 Å².